The Morgan fingerprint density at radius 3 is 2.33 bits per heavy atom. The van der Waals surface area contributed by atoms with Crippen LogP contribution in [0.4, 0.5) is 0 Å². The summed E-state index contributed by atoms with van der Waals surface area (Å²) in [5, 5.41) is 0. The van der Waals surface area contributed by atoms with Crippen LogP contribution in [0.5, 0.6) is 0 Å². The highest BCUT2D eigenvalue weighted by Gasteiger charge is 2.15. The second-order valence-electron chi connectivity index (χ2n) is 1.30. The summed E-state index contributed by atoms with van der Waals surface area (Å²) >= 11 is 0. The lowest BCUT2D eigenvalue weighted by Crippen LogP contribution is -1.84. The Morgan fingerprint density at radius 1 is 1.83 bits per heavy atom. The lowest BCUT2D eigenvalue weighted by atomic mass is 10.5. The largest absolute Gasteiger partial charge is 0.544 e. The second kappa shape index (κ2) is 1.21. The smallest absolute Gasteiger partial charge is 0.0352 e. The maximum atomic E-state index is 4.76. The van der Waals surface area contributed by atoms with Crippen LogP contribution in [0.15, 0.2) is 0 Å². The van der Waals surface area contributed by atoms with Crippen LogP contribution in [0.1, 0.15) is 6.92 Å². The molecule has 2 nitrogen and oxygen atoms in total. The number of epoxide rings is 1. The van der Waals surface area contributed by atoms with Crippen LogP contribution < -0.4 is 0 Å². The standard InChI is InChI=1S/C4H7O2/c1-3-4(5-2)6-3/h4H,1-2H3/q-1. The summed E-state index contributed by atoms with van der Waals surface area (Å²) in [7, 11) is 1.63. The predicted molar refractivity (Wildman–Crippen MR) is 20.8 cm³/mol. The van der Waals surface area contributed by atoms with Gasteiger partial charge in [-0.15, -0.1) is 6.10 Å². The molecule has 1 atom stereocenters. The van der Waals surface area contributed by atoms with Crippen molar-refractivity contribution >= 4 is 0 Å². The normalized spacial score (nSPS) is 34.0. The third-order valence-electron chi connectivity index (χ3n) is 0.782. The Bertz CT molecular complexity index is 51.5. The molecule has 0 aromatic carbocycles. The number of hydrogen-bond donors (Lipinski definition) is 0. The summed E-state index contributed by atoms with van der Waals surface area (Å²) in [6.07, 6.45) is 1.00. The van der Waals surface area contributed by atoms with Crippen LogP contribution in [0.25, 0.3) is 0 Å². The fraction of sp³-hybridized carbons (Fsp3) is 0.750. The van der Waals surface area contributed by atoms with Crippen LogP contribution >= 0.6 is 0 Å². The zero-order chi connectivity index (χ0) is 4.57. The number of rotatable bonds is 1. The average Bonchev–Trinajstić information content (AvgIpc) is 2.19. The van der Waals surface area contributed by atoms with Crippen molar-refractivity contribution in [3.05, 3.63) is 6.10 Å². The van der Waals surface area contributed by atoms with Gasteiger partial charge in [0, 0.05) is 13.4 Å². The third-order valence-corrected chi connectivity index (χ3v) is 0.782. The molecule has 0 aliphatic carbocycles. The molecule has 1 heterocycles. The quantitative estimate of drug-likeness (QED) is 0.344. The van der Waals surface area contributed by atoms with Gasteiger partial charge in [0.1, 0.15) is 0 Å². The van der Waals surface area contributed by atoms with Crippen molar-refractivity contribution in [3.63, 3.8) is 0 Å². The van der Waals surface area contributed by atoms with Crippen molar-refractivity contribution in [3.8, 4) is 0 Å². The highest BCUT2D eigenvalue weighted by atomic mass is 16.8. The van der Waals surface area contributed by atoms with E-state index in [1.165, 1.54) is 0 Å². The number of methoxy groups -OCH3 is 1. The van der Waals surface area contributed by atoms with Gasteiger partial charge in [0.25, 0.3) is 0 Å². The van der Waals surface area contributed by atoms with Crippen LogP contribution in [0, 0.1) is 6.10 Å². The minimum atomic E-state index is 0.0185. The molecule has 6 heavy (non-hydrogen) atoms. The van der Waals surface area contributed by atoms with E-state index in [9.17, 15) is 0 Å². The van der Waals surface area contributed by atoms with Gasteiger partial charge in [0.2, 0.25) is 0 Å². The van der Waals surface area contributed by atoms with Crippen molar-refractivity contribution in [2.75, 3.05) is 7.11 Å². The van der Waals surface area contributed by atoms with Gasteiger partial charge in [-0.2, -0.15) is 6.92 Å². The summed E-state index contributed by atoms with van der Waals surface area (Å²) in [6.45, 7) is 1.90. The lowest BCUT2D eigenvalue weighted by molar-refractivity contribution is 0.0950. The minimum Gasteiger partial charge on any atom is -0.544 e. The van der Waals surface area contributed by atoms with E-state index in [2.05, 4.69) is 0 Å². The van der Waals surface area contributed by atoms with Crippen molar-refractivity contribution in [1.29, 1.82) is 0 Å². The third kappa shape index (κ3) is 0.533. The van der Waals surface area contributed by atoms with E-state index in [0.29, 0.717) is 0 Å². The monoisotopic (exact) mass is 87.0 g/mol. The van der Waals surface area contributed by atoms with E-state index in [4.69, 9.17) is 9.47 Å². The summed E-state index contributed by atoms with van der Waals surface area (Å²) in [5.74, 6) is 0. The van der Waals surface area contributed by atoms with Gasteiger partial charge in [-0.1, -0.05) is 0 Å². The Morgan fingerprint density at radius 2 is 2.33 bits per heavy atom. The van der Waals surface area contributed by atoms with Crippen molar-refractivity contribution in [2.45, 2.75) is 13.2 Å². The molecule has 0 aromatic rings. The lowest BCUT2D eigenvalue weighted by Gasteiger charge is -1.89. The topological polar surface area (TPSA) is 21.8 Å². The molecule has 1 fully saturated rings. The van der Waals surface area contributed by atoms with Crippen LogP contribution in [-0.4, -0.2) is 13.4 Å². The van der Waals surface area contributed by atoms with Gasteiger partial charge in [0.05, 0.1) is 0 Å². The van der Waals surface area contributed by atoms with Gasteiger partial charge < -0.3 is 9.47 Å². The first-order valence-electron chi connectivity index (χ1n) is 1.87. The zero-order valence-corrected chi connectivity index (χ0v) is 3.89. The summed E-state index contributed by atoms with van der Waals surface area (Å²) in [6, 6.07) is 0. The molecule has 1 rings (SSSR count). The van der Waals surface area contributed by atoms with Gasteiger partial charge in [-0.25, -0.2) is 0 Å². The fourth-order valence-electron chi connectivity index (χ4n) is 0.349. The van der Waals surface area contributed by atoms with Crippen molar-refractivity contribution in [1.82, 2.24) is 0 Å². The van der Waals surface area contributed by atoms with Crippen molar-refractivity contribution in [2.24, 2.45) is 0 Å². The molecule has 2 heteroatoms. The van der Waals surface area contributed by atoms with E-state index < -0.39 is 0 Å². The van der Waals surface area contributed by atoms with Gasteiger partial charge >= 0.3 is 0 Å². The molecule has 1 saturated heterocycles. The molecular formula is C4H7O2-. The van der Waals surface area contributed by atoms with E-state index in [0.717, 1.165) is 6.10 Å². The molecule has 0 radical (unpaired) electrons. The van der Waals surface area contributed by atoms with Crippen LogP contribution in [0.3, 0.4) is 0 Å². The molecule has 0 spiro atoms. The van der Waals surface area contributed by atoms with E-state index in [-0.39, 0.29) is 6.29 Å². The first-order valence-corrected chi connectivity index (χ1v) is 1.87. The van der Waals surface area contributed by atoms with Gasteiger partial charge in [-0.3, -0.25) is 0 Å². The fourth-order valence-corrected chi connectivity index (χ4v) is 0.349. The molecule has 0 aromatic heterocycles. The minimum absolute atomic E-state index is 0.0185. The molecule has 0 amide bonds. The van der Waals surface area contributed by atoms with Gasteiger partial charge in [-0.05, 0) is 0 Å². The summed E-state index contributed by atoms with van der Waals surface area (Å²) < 4.78 is 9.47. The molecule has 1 unspecified atom stereocenters. The first-order chi connectivity index (χ1) is 2.84. The Labute approximate surface area is 37.1 Å². The van der Waals surface area contributed by atoms with E-state index >= 15 is 0 Å². The second-order valence-corrected chi connectivity index (χ2v) is 1.30. The number of hydrogen-bond acceptors (Lipinski definition) is 2. The molecule has 0 bridgehead atoms. The van der Waals surface area contributed by atoms with Crippen LogP contribution in [-0.2, 0) is 9.47 Å². The summed E-state index contributed by atoms with van der Waals surface area (Å²) in [4.78, 5) is 0. The highest BCUT2D eigenvalue weighted by Crippen LogP contribution is 2.29. The Balaban J connectivity index is 2.09. The van der Waals surface area contributed by atoms with E-state index in [1.54, 1.807) is 7.11 Å². The zero-order valence-electron chi connectivity index (χ0n) is 3.89. The molecule has 0 saturated carbocycles. The molecule has 36 valence electrons. The summed E-state index contributed by atoms with van der Waals surface area (Å²) in [5.41, 5.74) is 0. The molecular weight excluding hydrogens is 80.0 g/mol. The Hall–Kier alpha value is -0.0800. The average molecular weight is 87.1 g/mol. The predicted octanol–water partition coefficient (Wildman–Crippen LogP) is 0.541. The van der Waals surface area contributed by atoms with Crippen LogP contribution in [0.2, 0.25) is 0 Å². The SMILES string of the molecule is COC1O[C-]1C. The first kappa shape index (κ1) is 4.09. The number of ether oxygens (including phenoxy) is 2. The maximum Gasteiger partial charge on any atom is 0.0352 e. The van der Waals surface area contributed by atoms with Gasteiger partial charge in [0.15, 0.2) is 0 Å². The molecule has 1 aliphatic heterocycles. The Kier molecular flexibility index (Phi) is 0.821. The highest BCUT2D eigenvalue weighted by molar-refractivity contribution is 4.91. The molecule has 1 aliphatic rings. The van der Waals surface area contributed by atoms with Crippen molar-refractivity contribution < 1.29 is 9.47 Å². The molecule has 0 N–H and O–H groups in total. The van der Waals surface area contributed by atoms with E-state index in [1.807, 2.05) is 6.92 Å². The maximum absolute atomic E-state index is 4.76.